The number of halogens is 1. The minimum absolute atomic E-state index is 0.00170. The molecule has 0 aromatic heterocycles. The molecule has 2 aromatic carbocycles. The number of nitrogens with zero attached hydrogens (tertiary/aromatic N) is 1. The second-order valence-corrected chi connectivity index (χ2v) is 6.48. The van der Waals surface area contributed by atoms with Crippen LogP contribution >= 0.6 is 15.9 Å². The molecule has 4 nitrogen and oxygen atoms in total. The van der Waals surface area contributed by atoms with E-state index in [1.165, 1.54) is 0 Å². The summed E-state index contributed by atoms with van der Waals surface area (Å²) in [5, 5.41) is 6.16. The molecule has 0 unspecified atom stereocenters. The van der Waals surface area contributed by atoms with Gasteiger partial charge in [-0.2, -0.15) is 0 Å². The summed E-state index contributed by atoms with van der Waals surface area (Å²) in [4.78, 5) is 14.0. The van der Waals surface area contributed by atoms with E-state index in [-0.39, 0.29) is 5.91 Å². The fourth-order valence-corrected chi connectivity index (χ4v) is 2.47. The van der Waals surface area contributed by atoms with Gasteiger partial charge in [-0.25, -0.2) is 0 Å². The molecule has 5 heteroatoms. The van der Waals surface area contributed by atoms with Crippen molar-refractivity contribution in [3.63, 3.8) is 0 Å². The van der Waals surface area contributed by atoms with Gasteiger partial charge in [0.1, 0.15) is 0 Å². The monoisotopic (exact) mass is 375 g/mol. The fraction of sp³-hybridized carbons (Fsp3) is 0.278. The van der Waals surface area contributed by atoms with Gasteiger partial charge in [-0.05, 0) is 48.9 Å². The van der Waals surface area contributed by atoms with E-state index in [1.54, 1.807) is 0 Å². The standard InChI is InChI=1S/C18H22BrN3O/c1-13-4-5-15(12-17(13)19)21-18(23)10-11-20-14-6-8-16(9-7-14)22(2)3/h4-9,12,20H,10-11H2,1-3H3,(H,21,23). The van der Waals surface area contributed by atoms with Crippen molar-refractivity contribution >= 4 is 38.9 Å². The molecule has 2 aromatic rings. The molecule has 0 bridgehead atoms. The van der Waals surface area contributed by atoms with Crippen molar-refractivity contribution in [2.75, 3.05) is 36.2 Å². The first kappa shape index (κ1) is 17.3. The van der Waals surface area contributed by atoms with Gasteiger partial charge >= 0.3 is 0 Å². The van der Waals surface area contributed by atoms with Gasteiger partial charge in [-0.15, -0.1) is 0 Å². The molecule has 0 spiro atoms. The zero-order valence-electron chi connectivity index (χ0n) is 13.7. The summed E-state index contributed by atoms with van der Waals surface area (Å²) >= 11 is 3.47. The number of hydrogen-bond acceptors (Lipinski definition) is 3. The highest BCUT2D eigenvalue weighted by molar-refractivity contribution is 9.10. The Bertz CT molecular complexity index is 668. The Morgan fingerprint density at radius 3 is 2.35 bits per heavy atom. The van der Waals surface area contributed by atoms with Crippen LogP contribution in [0.25, 0.3) is 0 Å². The van der Waals surface area contributed by atoms with E-state index in [4.69, 9.17) is 0 Å². The summed E-state index contributed by atoms with van der Waals surface area (Å²) < 4.78 is 0.995. The van der Waals surface area contributed by atoms with Crippen molar-refractivity contribution in [1.29, 1.82) is 0 Å². The third-order valence-electron chi connectivity index (χ3n) is 3.52. The van der Waals surface area contributed by atoms with Crippen LogP contribution in [0.5, 0.6) is 0 Å². The molecule has 0 aliphatic rings. The topological polar surface area (TPSA) is 44.4 Å². The molecule has 0 radical (unpaired) electrons. The highest BCUT2D eigenvalue weighted by atomic mass is 79.9. The van der Waals surface area contributed by atoms with Crippen molar-refractivity contribution in [3.8, 4) is 0 Å². The second kappa shape index (κ2) is 8.02. The quantitative estimate of drug-likeness (QED) is 0.792. The number of anilines is 3. The van der Waals surface area contributed by atoms with Gasteiger partial charge in [0, 0.05) is 48.6 Å². The van der Waals surface area contributed by atoms with Crippen molar-refractivity contribution in [3.05, 3.63) is 52.5 Å². The number of nitrogens with one attached hydrogen (secondary N) is 2. The van der Waals surface area contributed by atoms with E-state index in [2.05, 4.69) is 31.5 Å². The molecule has 0 fully saturated rings. The van der Waals surface area contributed by atoms with E-state index in [1.807, 2.05) is 63.5 Å². The highest BCUT2D eigenvalue weighted by Crippen LogP contribution is 2.20. The summed E-state index contributed by atoms with van der Waals surface area (Å²) in [6.07, 6.45) is 0.418. The van der Waals surface area contributed by atoms with Gasteiger partial charge in [0.05, 0.1) is 0 Å². The molecule has 0 heterocycles. The van der Waals surface area contributed by atoms with E-state index in [0.29, 0.717) is 13.0 Å². The van der Waals surface area contributed by atoms with Crippen LogP contribution < -0.4 is 15.5 Å². The zero-order chi connectivity index (χ0) is 16.8. The van der Waals surface area contributed by atoms with Crippen LogP contribution in [0, 0.1) is 6.92 Å². The van der Waals surface area contributed by atoms with Gasteiger partial charge in [-0.1, -0.05) is 22.0 Å². The van der Waals surface area contributed by atoms with E-state index < -0.39 is 0 Å². The van der Waals surface area contributed by atoms with Crippen LogP contribution in [0.1, 0.15) is 12.0 Å². The minimum atomic E-state index is -0.00170. The average molecular weight is 376 g/mol. The molecular weight excluding hydrogens is 354 g/mol. The second-order valence-electron chi connectivity index (χ2n) is 5.63. The summed E-state index contributed by atoms with van der Waals surface area (Å²) in [6.45, 7) is 2.61. The molecule has 2 rings (SSSR count). The highest BCUT2D eigenvalue weighted by Gasteiger charge is 2.04. The van der Waals surface area contributed by atoms with E-state index in [9.17, 15) is 4.79 Å². The molecule has 0 aliphatic carbocycles. The largest absolute Gasteiger partial charge is 0.385 e. The lowest BCUT2D eigenvalue weighted by Crippen LogP contribution is -2.16. The predicted octanol–water partition coefficient (Wildman–Crippen LogP) is 4.26. The molecule has 0 aliphatic heterocycles. The van der Waals surface area contributed by atoms with E-state index in [0.717, 1.165) is 27.1 Å². The Labute approximate surface area is 146 Å². The lowest BCUT2D eigenvalue weighted by Gasteiger charge is -2.13. The molecule has 122 valence electrons. The number of carbonyl (C=O) groups excluding carboxylic acids is 1. The lowest BCUT2D eigenvalue weighted by atomic mass is 10.2. The number of rotatable bonds is 6. The maximum absolute atomic E-state index is 12.0. The third kappa shape index (κ3) is 5.28. The molecular formula is C18H22BrN3O. The first-order valence-corrected chi connectivity index (χ1v) is 8.32. The first-order chi connectivity index (χ1) is 11.0. The number of benzene rings is 2. The number of carbonyl (C=O) groups is 1. The van der Waals surface area contributed by atoms with Gasteiger partial charge in [-0.3, -0.25) is 4.79 Å². The first-order valence-electron chi connectivity index (χ1n) is 7.53. The number of aryl methyl sites for hydroxylation is 1. The Morgan fingerprint density at radius 2 is 1.74 bits per heavy atom. The smallest absolute Gasteiger partial charge is 0.226 e. The predicted molar refractivity (Wildman–Crippen MR) is 101 cm³/mol. The van der Waals surface area contributed by atoms with Crippen molar-refractivity contribution in [2.24, 2.45) is 0 Å². The van der Waals surface area contributed by atoms with Crippen LogP contribution in [0.2, 0.25) is 0 Å². The van der Waals surface area contributed by atoms with Crippen LogP contribution in [0.15, 0.2) is 46.9 Å². The maximum atomic E-state index is 12.0. The fourth-order valence-electron chi connectivity index (χ4n) is 2.09. The summed E-state index contributed by atoms with van der Waals surface area (Å²) in [7, 11) is 4.02. The Balaban J connectivity index is 1.79. The lowest BCUT2D eigenvalue weighted by molar-refractivity contribution is -0.115. The molecule has 0 saturated carbocycles. The maximum Gasteiger partial charge on any atom is 0.226 e. The zero-order valence-corrected chi connectivity index (χ0v) is 15.3. The number of amides is 1. The molecule has 1 amide bonds. The van der Waals surface area contributed by atoms with Gasteiger partial charge in [0.25, 0.3) is 0 Å². The van der Waals surface area contributed by atoms with Crippen molar-refractivity contribution in [2.45, 2.75) is 13.3 Å². The molecule has 2 N–H and O–H groups in total. The summed E-state index contributed by atoms with van der Waals surface area (Å²) in [5.41, 5.74) is 4.12. The summed E-state index contributed by atoms with van der Waals surface area (Å²) in [5.74, 6) is -0.00170. The van der Waals surface area contributed by atoms with Gasteiger partial charge < -0.3 is 15.5 Å². The Morgan fingerprint density at radius 1 is 1.09 bits per heavy atom. The van der Waals surface area contributed by atoms with Crippen LogP contribution in [0.3, 0.4) is 0 Å². The Kier molecular flexibility index (Phi) is 6.04. The van der Waals surface area contributed by atoms with Gasteiger partial charge in [0.15, 0.2) is 0 Å². The van der Waals surface area contributed by atoms with Crippen LogP contribution in [0.4, 0.5) is 17.1 Å². The molecule has 0 saturated heterocycles. The van der Waals surface area contributed by atoms with Crippen LogP contribution in [-0.2, 0) is 4.79 Å². The summed E-state index contributed by atoms with van der Waals surface area (Å²) in [6, 6.07) is 13.9. The third-order valence-corrected chi connectivity index (χ3v) is 4.37. The normalized spacial score (nSPS) is 10.3. The van der Waals surface area contributed by atoms with Crippen molar-refractivity contribution < 1.29 is 4.79 Å². The molecule has 23 heavy (non-hydrogen) atoms. The average Bonchev–Trinajstić information content (AvgIpc) is 2.51. The van der Waals surface area contributed by atoms with Gasteiger partial charge in [0.2, 0.25) is 5.91 Å². The minimum Gasteiger partial charge on any atom is -0.385 e. The molecule has 0 atom stereocenters. The Hall–Kier alpha value is -2.01. The van der Waals surface area contributed by atoms with E-state index >= 15 is 0 Å². The number of hydrogen-bond donors (Lipinski definition) is 2. The van der Waals surface area contributed by atoms with Crippen molar-refractivity contribution in [1.82, 2.24) is 0 Å². The van der Waals surface area contributed by atoms with Crippen LogP contribution in [-0.4, -0.2) is 26.5 Å². The SMILES string of the molecule is Cc1ccc(NC(=O)CCNc2ccc(N(C)C)cc2)cc1Br.